The van der Waals surface area contributed by atoms with Crippen LogP contribution in [-0.2, 0) is 9.31 Å². The van der Waals surface area contributed by atoms with Crippen molar-refractivity contribution in [2.45, 2.75) is 38.9 Å². The van der Waals surface area contributed by atoms with Crippen molar-refractivity contribution in [1.82, 2.24) is 5.32 Å². The van der Waals surface area contributed by atoms with E-state index in [1.807, 2.05) is 55.6 Å². The van der Waals surface area contributed by atoms with Gasteiger partial charge in [0.15, 0.2) is 0 Å². The zero-order valence-corrected chi connectivity index (χ0v) is 17.3. The molecule has 0 saturated carbocycles. The lowest BCUT2D eigenvalue weighted by atomic mass is 9.77. The number of nitrogens with two attached hydrogens (primary N) is 1. The van der Waals surface area contributed by atoms with E-state index in [9.17, 15) is 0 Å². The number of anilines is 1. The highest BCUT2D eigenvalue weighted by molar-refractivity contribution is 6.55. The molecular weight excluding hydrogens is 351 g/mol. The van der Waals surface area contributed by atoms with Gasteiger partial charge in [0.05, 0.1) is 11.2 Å². The van der Waals surface area contributed by atoms with Crippen molar-refractivity contribution in [3.05, 3.63) is 59.6 Å². The Bertz CT molecular complexity index is 814. The number of ether oxygens (including phenoxy) is 1. The zero-order valence-electron chi connectivity index (χ0n) is 17.3. The molecule has 0 unspecified atom stereocenters. The number of nitrogen functional groups attached to an aromatic ring is 1. The van der Waals surface area contributed by atoms with E-state index >= 15 is 0 Å². The maximum Gasteiger partial charge on any atom is 0.491 e. The van der Waals surface area contributed by atoms with Crippen LogP contribution in [0.15, 0.2) is 54.0 Å². The number of benzene rings is 2. The summed E-state index contributed by atoms with van der Waals surface area (Å²) in [6.07, 6.45) is 2.10. The highest BCUT2D eigenvalue weighted by Gasteiger charge is 2.52. The number of hydrogen-bond acceptors (Lipinski definition) is 5. The number of rotatable bonds is 6. The van der Waals surface area contributed by atoms with Gasteiger partial charge in [-0.2, -0.15) is 0 Å². The van der Waals surface area contributed by atoms with E-state index in [1.165, 1.54) is 0 Å². The minimum absolute atomic E-state index is 0.360. The van der Waals surface area contributed by atoms with Gasteiger partial charge in [0.25, 0.3) is 0 Å². The molecule has 0 bridgehead atoms. The van der Waals surface area contributed by atoms with E-state index in [-0.39, 0.29) is 18.3 Å². The second-order valence-electron chi connectivity index (χ2n) is 8.08. The molecule has 0 aromatic heterocycles. The molecule has 0 atom stereocenters. The molecular formula is C22H29BN2O3. The predicted octanol–water partition coefficient (Wildman–Crippen LogP) is 4.30. The summed E-state index contributed by atoms with van der Waals surface area (Å²) in [5.74, 6) is 1.53. The van der Waals surface area contributed by atoms with Crippen molar-refractivity contribution in [3.63, 3.8) is 0 Å². The van der Waals surface area contributed by atoms with Crippen LogP contribution in [0.25, 0.3) is 6.08 Å². The van der Waals surface area contributed by atoms with E-state index in [0.717, 1.165) is 22.5 Å². The van der Waals surface area contributed by atoms with Gasteiger partial charge in [0.1, 0.15) is 11.5 Å². The molecule has 1 fully saturated rings. The summed E-state index contributed by atoms with van der Waals surface area (Å²) in [4.78, 5) is 0. The summed E-state index contributed by atoms with van der Waals surface area (Å²) in [5.41, 5.74) is 7.81. The second kappa shape index (κ2) is 7.99. The summed E-state index contributed by atoms with van der Waals surface area (Å²) in [7, 11) is 1.55. The molecule has 1 heterocycles. The van der Waals surface area contributed by atoms with E-state index in [0.29, 0.717) is 12.2 Å². The van der Waals surface area contributed by atoms with Gasteiger partial charge in [-0.05, 0) is 82.2 Å². The quantitative estimate of drug-likeness (QED) is 0.578. The molecule has 1 saturated heterocycles. The van der Waals surface area contributed by atoms with Crippen LogP contribution in [0.3, 0.4) is 0 Å². The number of likely N-dealkylation sites (N-methyl/N-ethyl adjacent to an activating group) is 1. The Kier molecular flexibility index (Phi) is 5.84. The van der Waals surface area contributed by atoms with Crippen molar-refractivity contribution in [2.75, 3.05) is 19.3 Å². The molecule has 3 N–H and O–H groups in total. The maximum absolute atomic E-state index is 6.20. The molecule has 3 rings (SSSR count). The summed E-state index contributed by atoms with van der Waals surface area (Å²) in [6, 6.07) is 15.3. The largest absolute Gasteiger partial charge is 0.491 e. The highest BCUT2D eigenvalue weighted by Crippen LogP contribution is 2.38. The molecule has 1 aliphatic heterocycles. The van der Waals surface area contributed by atoms with Crippen LogP contribution in [0, 0.1) is 0 Å². The first kappa shape index (κ1) is 20.5. The summed E-state index contributed by atoms with van der Waals surface area (Å²) in [5, 5.41) is 3.21. The van der Waals surface area contributed by atoms with Crippen molar-refractivity contribution in [2.24, 2.45) is 0 Å². The third kappa shape index (κ3) is 4.58. The van der Waals surface area contributed by atoms with Crippen LogP contribution in [0.4, 0.5) is 5.69 Å². The first-order valence-electron chi connectivity index (χ1n) is 9.54. The molecule has 2 aromatic carbocycles. The van der Waals surface area contributed by atoms with Crippen LogP contribution >= 0.6 is 0 Å². The molecule has 1 aliphatic rings. The third-order valence-electron chi connectivity index (χ3n) is 5.28. The highest BCUT2D eigenvalue weighted by atomic mass is 16.7. The van der Waals surface area contributed by atoms with Crippen LogP contribution in [0.5, 0.6) is 11.5 Å². The lowest BCUT2D eigenvalue weighted by Crippen LogP contribution is -2.41. The average molecular weight is 380 g/mol. The van der Waals surface area contributed by atoms with Crippen LogP contribution in [0.1, 0.15) is 33.3 Å². The lowest BCUT2D eigenvalue weighted by molar-refractivity contribution is 0.00578. The predicted molar refractivity (Wildman–Crippen MR) is 115 cm³/mol. The summed E-state index contributed by atoms with van der Waals surface area (Å²) in [6.45, 7) is 8.93. The number of nitrogens with one attached hydrogen (secondary N) is 1. The molecule has 2 aromatic rings. The van der Waals surface area contributed by atoms with Gasteiger partial charge in [0.2, 0.25) is 0 Å². The zero-order chi connectivity index (χ0) is 20.4. The number of hydrogen-bond donors (Lipinski definition) is 2. The monoisotopic (exact) mass is 380 g/mol. The normalized spacial score (nSPS) is 18.3. The maximum atomic E-state index is 6.20. The van der Waals surface area contributed by atoms with Crippen molar-refractivity contribution in [3.8, 4) is 11.5 Å². The van der Waals surface area contributed by atoms with E-state index in [1.54, 1.807) is 0 Å². The Balaban J connectivity index is 1.75. The Morgan fingerprint density at radius 1 is 0.964 bits per heavy atom. The molecule has 5 nitrogen and oxygen atoms in total. The third-order valence-corrected chi connectivity index (χ3v) is 5.28. The van der Waals surface area contributed by atoms with Gasteiger partial charge >= 0.3 is 7.12 Å². The molecule has 148 valence electrons. The van der Waals surface area contributed by atoms with Gasteiger partial charge in [-0.25, -0.2) is 0 Å². The van der Waals surface area contributed by atoms with Gasteiger partial charge in [-0.15, -0.1) is 0 Å². The van der Waals surface area contributed by atoms with Crippen molar-refractivity contribution in [1.29, 1.82) is 0 Å². The van der Waals surface area contributed by atoms with Gasteiger partial charge < -0.3 is 25.1 Å². The van der Waals surface area contributed by atoms with E-state index in [2.05, 4.69) is 39.1 Å². The Labute approximate surface area is 168 Å². The fraction of sp³-hybridized carbons (Fsp3) is 0.364. The van der Waals surface area contributed by atoms with Gasteiger partial charge in [-0.1, -0.05) is 18.2 Å². The molecule has 0 spiro atoms. The Morgan fingerprint density at radius 2 is 1.46 bits per heavy atom. The lowest BCUT2D eigenvalue weighted by Gasteiger charge is -2.32. The molecule has 0 radical (unpaired) electrons. The Morgan fingerprint density at radius 3 is 1.96 bits per heavy atom. The topological polar surface area (TPSA) is 65.7 Å². The van der Waals surface area contributed by atoms with Crippen molar-refractivity contribution < 1.29 is 14.0 Å². The Hall–Kier alpha value is -2.28. The van der Waals surface area contributed by atoms with E-state index in [4.69, 9.17) is 19.8 Å². The smallest absolute Gasteiger partial charge is 0.457 e. The molecule has 6 heteroatoms. The van der Waals surface area contributed by atoms with Crippen LogP contribution in [0.2, 0.25) is 0 Å². The van der Waals surface area contributed by atoms with Gasteiger partial charge in [-0.3, -0.25) is 0 Å². The minimum atomic E-state index is -0.372. The van der Waals surface area contributed by atoms with E-state index < -0.39 is 0 Å². The molecule has 28 heavy (non-hydrogen) atoms. The van der Waals surface area contributed by atoms with Gasteiger partial charge in [0, 0.05) is 12.2 Å². The van der Waals surface area contributed by atoms with Crippen LogP contribution < -0.4 is 15.8 Å². The van der Waals surface area contributed by atoms with Crippen LogP contribution in [-0.4, -0.2) is 31.9 Å². The summed E-state index contributed by atoms with van der Waals surface area (Å²) < 4.78 is 18.3. The molecule has 0 aliphatic carbocycles. The first-order chi connectivity index (χ1) is 13.2. The fourth-order valence-electron chi connectivity index (χ4n) is 2.92. The minimum Gasteiger partial charge on any atom is -0.457 e. The first-order valence-corrected chi connectivity index (χ1v) is 9.54. The second-order valence-corrected chi connectivity index (χ2v) is 8.08. The summed E-state index contributed by atoms with van der Waals surface area (Å²) >= 11 is 0. The molecule has 0 amide bonds. The average Bonchev–Trinajstić information content (AvgIpc) is 2.86. The van der Waals surface area contributed by atoms with Crippen molar-refractivity contribution >= 4 is 18.9 Å². The fourth-order valence-corrected chi connectivity index (χ4v) is 2.92. The standard InChI is InChI=1S/C22H29BN2O3/c1-21(2)22(3,4)28-23(27-21)17(15-25-5)14-16-6-10-19(11-7-16)26-20-12-8-18(24)9-13-20/h6-14,25H,15,24H2,1-5H3. The SMILES string of the molecule is CNCC(=Cc1ccc(Oc2ccc(N)cc2)cc1)B1OC(C)(C)C(C)(C)O1.